The Kier molecular flexibility index (Phi) is 6.21. The number of benzene rings is 1. The molecule has 14 heteroatoms. The van der Waals surface area contributed by atoms with Gasteiger partial charge >= 0.3 is 18.5 Å². The number of rotatable bonds is 5. The van der Waals surface area contributed by atoms with Crippen molar-refractivity contribution in [3.05, 3.63) is 65.2 Å². The minimum atomic E-state index is -4.97. The van der Waals surface area contributed by atoms with Crippen molar-refractivity contribution in [3.8, 4) is 27.6 Å². The zero-order valence-corrected chi connectivity index (χ0v) is 19.9. The first kappa shape index (κ1) is 25.4. The molecule has 0 bridgehead atoms. The number of fused-ring (bicyclic) bond motifs is 3. The first-order chi connectivity index (χ1) is 17.9. The molecular weight excluding hydrogens is 538 g/mol. The van der Waals surface area contributed by atoms with Crippen LogP contribution in [0.2, 0.25) is 0 Å². The van der Waals surface area contributed by atoms with Crippen LogP contribution in [0.3, 0.4) is 0 Å². The van der Waals surface area contributed by atoms with Crippen molar-refractivity contribution in [2.24, 2.45) is 0 Å². The number of carbonyl (C=O) groups is 1. The van der Waals surface area contributed by atoms with E-state index >= 15 is 0 Å². The number of carbonyl (C=O) groups excluding carboxylic acids is 1. The highest BCUT2D eigenvalue weighted by Crippen LogP contribution is 2.36. The molecule has 4 heterocycles. The Morgan fingerprint density at radius 2 is 1.76 bits per heavy atom. The lowest BCUT2D eigenvalue weighted by atomic mass is 10.1. The zero-order valence-electron chi connectivity index (χ0n) is 19.1. The first-order valence-corrected chi connectivity index (χ1v) is 11.7. The van der Waals surface area contributed by atoms with Crippen LogP contribution in [0.4, 0.5) is 26.3 Å². The first-order valence-electron chi connectivity index (χ1n) is 10.8. The number of esters is 1. The highest BCUT2D eigenvalue weighted by Gasteiger charge is 2.39. The fourth-order valence-electron chi connectivity index (χ4n) is 3.78. The number of hydrogen-bond donors (Lipinski definition) is 0. The summed E-state index contributed by atoms with van der Waals surface area (Å²) >= 11 is 1.35. The summed E-state index contributed by atoms with van der Waals surface area (Å²) in [6.45, 7) is 1.31. The van der Waals surface area contributed by atoms with Crippen LogP contribution in [-0.4, -0.2) is 38.5 Å². The molecule has 196 valence electrons. The summed E-state index contributed by atoms with van der Waals surface area (Å²) in [5.41, 5.74) is -1.39. The third-order valence-corrected chi connectivity index (χ3v) is 6.18. The van der Waals surface area contributed by atoms with Gasteiger partial charge in [-0.3, -0.25) is 0 Å². The monoisotopic (exact) mass is 552 g/mol. The van der Waals surface area contributed by atoms with E-state index in [-0.39, 0.29) is 23.3 Å². The normalized spacial score (nSPS) is 12.3. The fraction of sp³-hybridized carbons (Fsp3) is 0.167. The van der Waals surface area contributed by atoms with Gasteiger partial charge in [0, 0.05) is 5.56 Å². The van der Waals surface area contributed by atoms with E-state index in [4.69, 9.17) is 4.74 Å². The smallest absolute Gasteiger partial charge is 0.462 e. The quantitative estimate of drug-likeness (QED) is 0.177. The lowest BCUT2D eigenvalue weighted by Crippen LogP contribution is -2.17. The van der Waals surface area contributed by atoms with E-state index in [0.717, 1.165) is 18.2 Å². The van der Waals surface area contributed by atoms with Crippen molar-refractivity contribution >= 4 is 34.0 Å². The van der Waals surface area contributed by atoms with Crippen molar-refractivity contribution in [3.63, 3.8) is 0 Å². The third-order valence-electron chi connectivity index (χ3n) is 5.29. The van der Waals surface area contributed by atoms with E-state index in [2.05, 4.69) is 19.8 Å². The van der Waals surface area contributed by atoms with Crippen LogP contribution in [0.15, 0.2) is 53.9 Å². The maximum absolute atomic E-state index is 13.8. The number of halogens is 6. The molecule has 38 heavy (non-hydrogen) atoms. The number of ether oxygens (including phenoxy) is 2. The standard InChI is InChI=1S/C24H14F6N4O3S/c1-2-36-22(35)14-10-15-20(32-19(14)23(25,26)27)33-34-17(11-16(31-21(15)34)18-4-3-9-38-18)12-5-7-13(8-6-12)37-24(28,29)30/h3-11H,2H2,1H3. The van der Waals surface area contributed by atoms with Gasteiger partial charge in [-0.25, -0.2) is 19.3 Å². The molecule has 0 atom stereocenters. The Bertz CT molecular complexity index is 1650. The van der Waals surface area contributed by atoms with Gasteiger partial charge in [0.25, 0.3) is 0 Å². The number of nitrogens with zero attached hydrogens (tertiary/aromatic N) is 4. The van der Waals surface area contributed by atoms with E-state index in [9.17, 15) is 31.1 Å². The fourth-order valence-corrected chi connectivity index (χ4v) is 4.46. The SMILES string of the molecule is CCOC(=O)c1cc2c(nc1C(F)(F)F)nn1c(-c3ccc(OC(F)(F)F)cc3)cc(-c3cccs3)nc21. The van der Waals surface area contributed by atoms with Crippen LogP contribution in [0, 0.1) is 0 Å². The van der Waals surface area contributed by atoms with Gasteiger partial charge in [-0.1, -0.05) is 6.07 Å². The predicted octanol–water partition coefficient (Wildman–Crippen LogP) is 6.77. The molecular formula is C24H14F6N4O3S. The van der Waals surface area contributed by atoms with Gasteiger partial charge in [0.05, 0.1) is 33.8 Å². The molecule has 0 spiro atoms. The average molecular weight is 552 g/mol. The molecule has 0 saturated heterocycles. The second kappa shape index (κ2) is 9.28. The summed E-state index contributed by atoms with van der Waals surface area (Å²) in [6.07, 6.45) is -9.85. The van der Waals surface area contributed by atoms with E-state index < -0.39 is 35.5 Å². The van der Waals surface area contributed by atoms with Gasteiger partial charge in [-0.15, -0.1) is 29.6 Å². The van der Waals surface area contributed by atoms with Crippen LogP contribution in [0.5, 0.6) is 5.75 Å². The molecule has 0 fully saturated rings. The van der Waals surface area contributed by atoms with Crippen LogP contribution < -0.4 is 4.74 Å². The van der Waals surface area contributed by atoms with Gasteiger partial charge in [0.1, 0.15) is 5.75 Å². The molecule has 0 saturated carbocycles. The Balaban J connectivity index is 1.77. The summed E-state index contributed by atoms with van der Waals surface area (Å²) in [7, 11) is 0. The van der Waals surface area contributed by atoms with E-state index in [1.807, 2.05) is 0 Å². The van der Waals surface area contributed by atoms with E-state index in [0.29, 0.717) is 21.8 Å². The minimum absolute atomic E-state index is 0.0535. The van der Waals surface area contributed by atoms with E-state index in [1.165, 1.54) is 34.9 Å². The molecule has 1 aromatic carbocycles. The molecule has 5 aromatic rings. The highest BCUT2D eigenvalue weighted by molar-refractivity contribution is 7.13. The highest BCUT2D eigenvalue weighted by atomic mass is 32.1. The van der Waals surface area contributed by atoms with Crippen LogP contribution in [0.25, 0.3) is 38.5 Å². The zero-order chi connectivity index (χ0) is 27.2. The Morgan fingerprint density at radius 3 is 2.37 bits per heavy atom. The molecule has 0 aliphatic rings. The molecule has 4 aromatic heterocycles. The molecule has 0 aliphatic heterocycles. The molecule has 0 amide bonds. The summed E-state index contributed by atoms with van der Waals surface area (Å²) in [4.78, 5) is 21.3. The number of alkyl halides is 6. The molecule has 5 rings (SSSR count). The number of aromatic nitrogens is 4. The maximum Gasteiger partial charge on any atom is 0.573 e. The van der Waals surface area contributed by atoms with Crippen molar-refractivity contribution in [1.82, 2.24) is 19.6 Å². The van der Waals surface area contributed by atoms with Crippen molar-refractivity contribution in [2.75, 3.05) is 6.61 Å². The molecule has 0 aliphatic carbocycles. The van der Waals surface area contributed by atoms with Crippen LogP contribution in [-0.2, 0) is 10.9 Å². The summed E-state index contributed by atoms with van der Waals surface area (Å²) < 4.78 is 89.0. The second-order valence-corrected chi connectivity index (χ2v) is 8.73. The maximum atomic E-state index is 13.8. The van der Waals surface area contributed by atoms with Gasteiger partial charge in [-0.2, -0.15) is 13.2 Å². The van der Waals surface area contributed by atoms with Gasteiger partial charge < -0.3 is 9.47 Å². The minimum Gasteiger partial charge on any atom is -0.462 e. The summed E-state index contributed by atoms with van der Waals surface area (Å²) in [5, 5.41) is 6.05. The lowest BCUT2D eigenvalue weighted by molar-refractivity contribution is -0.274. The summed E-state index contributed by atoms with van der Waals surface area (Å²) in [6, 6.07) is 11.0. The van der Waals surface area contributed by atoms with Gasteiger partial charge in [0.2, 0.25) is 0 Å². The largest absolute Gasteiger partial charge is 0.573 e. The molecule has 7 nitrogen and oxygen atoms in total. The van der Waals surface area contributed by atoms with Crippen LogP contribution in [0.1, 0.15) is 23.0 Å². The Hall–Kier alpha value is -4.20. The average Bonchev–Trinajstić information content (AvgIpc) is 3.50. The Morgan fingerprint density at radius 1 is 1.03 bits per heavy atom. The molecule has 0 unspecified atom stereocenters. The van der Waals surface area contributed by atoms with Crippen molar-refractivity contribution in [2.45, 2.75) is 19.5 Å². The Labute approximate surface area is 213 Å². The topological polar surface area (TPSA) is 78.6 Å². The predicted molar refractivity (Wildman–Crippen MR) is 125 cm³/mol. The molecule has 0 N–H and O–H groups in total. The lowest BCUT2D eigenvalue weighted by Gasteiger charge is -2.11. The van der Waals surface area contributed by atoms with Crippen LogP contribution >= 0.6 is 11.3 Å². The number of hydrogen-bond acceptors (Lipinski definition) is 7. The van der Waals surface area contributed by atoms with E-state index in [1.54, 1.807) is 23.6 Å². The third kappa shape index (κ3) is 4.86. The van der Waals surface area contributed by atoms with Gasteiger partial charge in [-0.05, 0) is 54.8 Å². The van der Waals surface area contributed by atoms with Gasteiger partial charge in [0.15, 0.2) is 17.0 Å². The second-order valence-electron chi connectivity index (χ2n) is 7.79. The van der Waals surface area contributed by atoms with Crippen molar-refractivity contribution in [1.29, 1.82) is 0 Å². The number of thiophene rings is 1. The summed E-state index contributed by atoms with van der Waals surface area (Å²) in [5.74, 6) is -1.66. The number of pyridine rings is 1. The van der Waals surface area contributed by atoms with Crippen molar-refractivity contribution < 1.29 is 40.6 Å². The molecule has 0 radical (unpaired) electrons.